The number of halogens is 1. The Bertz CT molecular complexity index is 667. The molecule has 1 amide bonds. The molecule has 1 heterocycles. The van der Waals surface area contributed by atoms with Crippen molar-refractivity contribution in [2.24, 2.45) is 0 Å². The summed E-state index contributed by atoms with van der Waals surface area (Å²) in [5, 5.41) is 2.46. The van der Waals surface area contributed by atoms with E-state index in [1.54, 1.807) is 19.9 Å². The summed E-state index contributed by atoms with van der Waals surface area (Å²) in [5.41, 5.74) is 1.31. The molecule has 0 radical (unpaired) electrons. The van der Waals surface area contributed by atoms with E-state index >= 15 is 0 Å². The van der Waals surface area contributed by atoms with Crippen molar-refractivity contribution in [3.63, 3.8) is 0 Å². The first-order chi connectivity index (χ1) is 10.5. The number of rotatable bonds is 5. The van der Waals surface area contributed by atoms with Gasteiger partial charge in [0.15, 0.2) is 0 Å². The Hall–Kier alpha value is -1.85. The number of hydrogen-bond acceptors (Lipinski definition) is 4. The van der Waals surface area contributed by atoms with E-state index in [-0.39, 0.29) is 12.5 Å². The van der Waals surface area contributed by atoms with Crippen LogP contribution >= 0.6 is 22.9 Å². The number of esters is 1. The van der Waals surface area contributed by atoms with Gasteiger partial charge in [-0.05, 0) is 25.5 Å². The van der Waals surface area contributed by atoms with E-state index in [4.69, 9.17) is 16.3 Å². The molecule has 0 fully saturated rings. The van der Waals surface area contributed by atoms with Gasteiger partial charge in [0.2, 0.25) is 5.91 Å². The monoisotopic (exact) mass is 337 g/mol. The summed E-state index contributed by atoms with van der Waals surface area (Å²) in [6.45, 7) is 3.59. The number of thiophene rings is 1. The van der Waals surface area contributed by atoms with Crippen LogP contribution in [0.1, 0.15) is 24.2 Å². The van der Waals surface area contributed by atoms with Gasteiger partial charge in [0.1, 0.15) is 10.4 Å². The lowest BCUT2D eigenvalue weighted by atomic mass is 10.1. The number of ether oxygens (including phenoxy) is 1. The minimum Gasteiger partial charge on any atom is -0.462 e. The number of anilines is 1. The maximum atomic E-state index is 12.1. The summed E-state index contributed by atoms with van der Waals surface area (Å²) in [7, 11) is 0. The van der Waals surface area contributed by atoms with Gasteiger partial charge in [-0.2, -0.15) is 0 Å². The number of carbonyl (C=O) groups excluding carboxylic acids is 2. The van der Waals surface area contributed by atoms with Gasteiger partial charge in [0.25, 0.3) is 0 Å². The summed E-state index contributed by atoms with van der Waals surface area (Å²) in [6.07, 6.45) is 0. The van der Waals surface area contributed by atoms with Gasteiger partial charge >= 0.3 is 5.97 Å². The summed E-state index contributed by atoms with van der Waals surface area (Å²) >= 11 is 7.09. The van der Waals surface area contributed by atoms with Crippen LogP contribution in [0.25, 0.3) is 10.4 Å². The maximum Gasteiger partial charge on any atom is 0.341 e. The van der Waals surface area contributed by atoms with Gasteiger partial charge in [-0.25, -0.2) is 4.79 Å². The number of hydrogen-bond donors (Lipinski definition) is 1. The molecule has 2 rings (SSSR count). The number of carbonyl (C=O) groups is 2. The molecule has 0 saturated heterocycles. The van der Waals surface area contributed by atoms with Crippen LogP contribution in [0.15, 0.2) is 36.4 Å². The van der Waals surface area contributed by atoms with Crippen molar-refractivity contribution >= 4 is 39.8 Å². The molecule has 0 aliphatic rings. The predicted molar refractivity (Wildman–Crippen MR) is 89.7 cm³/mol. The summed E-state index contributed by atoms with van der Waals surface area (Å²) in [5.74, 6) is -0.813. The molecule has 1 atom stereocenters. The molecule has 1 N–H and O–H groups in total. The van der Waals surface area contributed by atoms with E-state index in [9.17, 15) is 9.59 Å². The van der Waals surface area contributed by atoms with E-state index in [0.29, 0.717) is 10.6 Å². The highest BCUT2D eigenvalue weighted by Gasteiger charge is 2.21. The van der Waals surface area contributed by atoms with E-state index in [2.05, 4.69) is 5.32 Å². The van der Waals surface area contributed by atoms with Crippen LogP contribution in [0.5, 0.6) is 0 Å². The van der Waals surface area contributed by atoms with Crippen molar-refractivity contribution in [3.05, 3.63) is 42.0 Å². The average molecular weight is 338 g/mol. The minimum absolute atomic E-state index is 0.272. The standard InChI is InChI=1S/C16H16ClNO3S/c1-3-21-16(20)12-9-13(11-7-5-4-6-8-11)22-15(12)18-14(19)10(2)17/h4-10H,3H2,1-2H3,(H,18,19). The largest absolute Gasteiger partial charge is 0.462 e. The molecule has 0 saturated carbocycles. The fourth-order valence-electron chi connectivity index (χ4n) is 1.80. The first-order valence-corrected chi connectivity index (χ1v) is 8.09. The molecular formula is C16H16ClNO3S. The fraction of sp³-hybridized carbons (Fsp3) is 0.250. The molecule has 4 nitrogen and oxygen atoms in total. The Balaban J connectivity index is 2.39. The smallest absolute Gasteiger partial charge is 0.341 e. The molecule has 0 aliphatic heterocycles. The molecule has 6 heteroatoms. The van der Waals surface area contributed by atoms with Crippen LogP contribution in [0.4, 0.5) is 5.00 Å². The fourth-order valence-corrected chi connectivity index (χ4v) is 2.91. The zero-order chi connectivity index (χ0) is 16.1. The van der Waals surface area contributed by atoms with Crippen LogP contribution in [-0.4, -0.2) is 23.9 Å². The lowest BCUT2D eigenvalue weighted by Crippen LogP contribution is -2.21. The average Bonchev–Trinajstić information content (AvgIpc) is 2.92. The van der Waals surface area contributed by atoms with E-state index in [1.165, 1.54) is 11.3 Å². The minimum atomic E-state index is -0.683. The Kier molecular flexibility index (Phi) is 5.57. The molecule has 1 unspecified atom stereocenters. The highest BCUT2D eigenvalue weighted by atomic mass is 35.5. The quantitative estimate of drug-likeness (QED) is 0.658. The molecule has 22 heavy (non-hydrogen) atoms. The van der Waals surface area contributed by atoms with Gasteiger partial charge in [0.05, 0.1) is 12.2 Å². The van der Waals surface area contributed by atoms with Crippen LogP contribution in [0, 0.1) is 0 Å². The Labute approximate surface area is 138 Å². The second-order valence-electron chi connectivity index (χ2n) is 4.55. The SMILES string of the molecule is CCOC(=O)c1cc(-c2ccccc2)sc1NC(=O)C(C)Cl. The zero-order valence-corrected chi connectivity index (χ0v) is 13.8. The number of nitrogens with one attached hydrogen (secondary N) is 1. The number of amides is 1. The van der Waals surface area contributed by atoms with Crippen LogP contribution < -0.4 is 5.32 Å². The molecule has 1 aromatic carbocycles. The van der Waals surface area contributed by atoms with Crippen molar-refractivity contribution in [1.29, 1.82) is 0 Å². The third-order valence-electron chi connectivity index (χ3n) is 2.88. The van der Waals surface area contributed by atoms with Crippen molar-refractivity contribution in [1.82, 2.24) is 0 Å². The van der Waals surface area contributed by atoms with Crippen LogP contribution in [0.3, 0.4) is 0 Å². The Morgan fingerprint density at radius 2 is 2.00 bits per heavy atom. The van der Waals surface area contributed by atoms with Gasteiger partial charge < -0.3 is 10.1 Å². The molecule has 0 bridgehead atoms. The maximum absolute atomic E-state index is 12.1. The van der Waals surface area contributed by atoms with Crippen LogP contribution in [-0.2, 0) is 9.53 Å². The lowest BCUT2D eigenvalue weighted by molar-refractivity contribution is -0.115. The number of alkyl halides is 1. The van der Waals surface area contributed by atoms with Gasteiger partial charge in [-0.15, -0.1) is 22.9 Å². The van der Waals surface area contributed by atoms with Crippen molar-refractivity contribution < 1.29 is 14.3 Å². The summed E-state index contributed by atoms with van der Waals surface area (Å²) in [6, 6.07) is 11.4. The predicted octanol–water partition coefficient (Wildman–Crippen LogP) is 4.16. The third-order valence-corrected chi connectivity index (χ3v) is 4.18. The third kappa shape index (κ3) is 3.87. The van der Waals surface area contributed by atoms with Gasteiger partial charge in [0, 0.05) is 4.88 Å². The van der Waals surface area contributed by atoms with Crippen molar-refractivity contribution in [2.45, 2.75) is 19.2 Å². The van der Waals surface area contributed by atoms with Crippen molar-refractivity contribution in [2.75, 3.05) is 11.9 Å². The number of benzene rings is 1. The first kappa shape index (κ1) is 16.5. The molecular weight excluding hydrogens is 322 g/mol. The van der Waals surface area contributed by atoms with Gasteiger partial charge in [-0.3, -0.25) is 4.79 Å². The van der Waals surface area contributed by atoms with Crippen LogP contribution in [0.2, 0.25) is 0 Å². The molecule has 2 aromatic rings. The summed E-state index contributed by atoms with van der Waals surface area (Å²) < 4.78 is 5.04. The highest BCUT2D eigenvalue weighted by molar-refractivity contribution is 7.20. The van der Waals surface area contributed by atoms with Crippen molar-refractivity contribution in [3.8, 4) is 10.4 Å². The summed E-state index contributed by atoms with van der Waals surface area (Å²) in [4.78, 5) is 24.7. The Morgan fingerprint density at radius 3 is 2.59 bits per heavy atom. The molecule has 0 spiro atoms. The van der Waals surface area contributed by atoms with Gasteiger partial charge in [-0.1, -0.05) is 30.3 Å². The van der Waals surface area contributed by atoms with E-state index in [0.717, 1.165) is 10.4 Å². The normalized spacial score (nSPS) is 11.8. The zero-order valence-electron chi connectivity index (χ0n) is 12.3. The second-order valence-corrected chi connectivity index (χ2v) is 6.25. The molecule has 116 valence electrons. The molecule has 1 aromatic heterocycles. The second kappa shape index (κ2) is 7.42. The topological polar surface area (TPSA) is 55.4 Å². The lowest BCUT2D eigenvalue weighted by Gasteiger charge is -2.06. The first-order valence-electron chi connectivity index (χ1n) is 6.84. The molecule has 0 aliphatic carbocycles. The highest BCUT2D eigenvalue weighted by Crippen LogP contribution is 2.36. The Morgan fingerprint density at radius 1 is 1.32 bits per heavy atom. The van der Waals surface area contributed by atoms with E-state index < -0.39 is 11.3 Å². The van der Waals surface area contributed by atoms with E-state index in [1.807, 2.05) is 30.3 Å².